The van der Waals surface area contributed by atoms with Crippen molar-refractivity contribution < 1.29 is 0 Å². The first kappa shape index (κ1) is 14.4. The van der Waals surface area contributed by atoms with Gasteiger partial charge in [0.1, 0.15) is 0 Å². The fraction of sp³-hybridized carbons (Fsp3) is 0.357. The predicted molar refractivity (Wildman–Crippen MR) is 79.7 cm³/mol. The maximum Gasteiger partial charge on any atom is 0.0540 e. The molecule has 0 aliphatic heterocycles. The smallest absolute Gasteiger partial charge is 0.0540 e. The zero-order valence-electron chi connectivity index (χ0n) is 11.2. The molecule has 1 unspecified atom stereocenters. The van der Waals surface area contributed by atoms with Crippen LogP contribution in [-0.4, -0.2) is 9.78 Å². The van der Waals surface area contributed by atoms with Gasteiger partial charge in [-0.15, -0.1) is 0 Å². The van der Waals surface area contributed by atoms with Crippen LogP contribution in [0.2, 0.25) is 10.0 Å². The van der Waals surface area contributed by atoms with Crippen molar-refractivity contribution in [2.75, 3.05) is 0 Å². The molecular formula is C14H17Cl2N3. The van der Waals surface area contributed by atoms with Crippen LogP contribution in [0, 0.1) is 6.92 Å². The van der Waals surface area contributed by atoms with Gasteiger partial charge in [-0.2, -0.15) is 5.10 Å². The van der Waals surface area contributed by atoms with Gasteiger partial charge in [-0.3, -0.25) is 4.68 Å². The average molecular weight is 298 g/mol. The molecule has 0 aliphatic carbocycles. The summed E-state index contributed by atoms with van der Waals surface area (Å²) in [6, 6.07) is 5.78. The highest BCUT2D eigenvalue weighted by Crippen LogP contribution is 2.22. The summed E-state index contributed by atoms with van der Waals surface area (Å²) in [5, 5.41) is 9.05. The second-order valence-corrected chi connectivity index (χ2v) is 5.49. The first-order valence-electron chi connectivity index (χ1n) is 6.15. The van der Waals surface area contributed by atoms with E-state index in [4.69, 9.17) is 23.2 Å². The van der Waals surface area contributed by atoms with Crippen molar-refractivity contribution in [1.29, 1.82) is 0 Å². The molecule has 0 spiro atoms. The summed E-state index contributed by atoms with van der Waals surface area (Å²) in [6.07, 6.45) is 1.90. The summed E-state index contributed by atoms with van der Waals surface area (Å²) in [6.45, 7) is 4.88. The molecule has 5 heteroatoms. The van der Waals surface area contributed by atoms with Gasteiger partial charge < -0.3 is 5.32 Å². The van der Waals surface area contributed by atoms with E-state index in [0.717, 1.165) is 5.56 Å². The SMILES string of the molecule is Cc1c(C(C)NCc2ccc(Cl)cc2Cl)cnn1C. The minimum absolute atomic E-state index is 0.223. The van der Waals surface area contributed by atoms with Gasteiger partial charge in [0.05, 0.1) is 6.20 Å². The van der Waals surface area contributed by atoms with E-state index in [0.29, 0.717) is 16.6 Å². The molecule has 0 radical (unpaired) electrons. The maximum atomic E-state index is 6.15. The molecule has 1 N–H and O–H groups in total. The van der Waals surface area contributed by atoms with E-state index in [9.17, 15) is 0 Å². The molecule has 2 rings (SSSR count). The molecule has 3 nitrogen and oxygen atoms in total. The number of aryl methyl sites for hydroxylation is 1. The van der Waals surface area contributed by atoms with Crippen LogP contribution >= 0.6 is 23.2 Å². The van der Waals surface area contributed by atoms with Gasteiger partial charge in [-0.05, 0) is 31.5 Å². The maximum absolute atomic E-state index is 6.15. The van der Waals surface area contributed by atoms with Crippen molar-refractivity contribution in [3.05, 3.63) is 51.3 Å². The summed E-state index contributed by atoms with van der Waals surface area (Å²) in [7, 11) is 1.95. The zero-order chi connectivity index (χ0) is 14.0. The Labute approximate surface area is 123 Å². The molecule has 1 heterocycles. The van der Waals surface area contributed by atoms with Gasteiger partial charge in [0, 0.05) is 40.9 Å². The number of rotatable bonds is 4. The van der Waals surface area contributed by atoms with Gasteiger partial charge in [0.25, 0.3) is 0 Å². The van der Waals surface area contributed by atoms with Crippen molar-refractivity contribution in [3.8, 4) is 0 Å². The Balaban J connectivity index is 2.04. The molecule has 1 aromatic carbocycles. The molecule has 1 aromatic heterocycles. The Hall–Kier alpha value is -1.03. The summed E-state index contributed by atoms with van der Waals surface area (Å²) < 4.78 is 1.88. The van der Waals surface area contributed by atoms with Gasteiger partial charge in [0.15, 0.2) is 0 Å². The third kappa shape index (κ3) is 3.30. The second kappa shape index (κ2) is 5.95. The fourth-order valence-electron chi connectivity index (χ4n) is 1.98. The van der Waals surface area contributed by atoms with Crippen LogP contribution in [0.15, 0.2) is 24.4 Å². The molecule has 1 atom stereocenters. The number of benzene rings is 1. The summed E-state index contributed by atoms with van der Waals surface area (Å²) in [4.78, 5) is 0. The van der Waals surface area contributed by atoms with Crippen molar-refractivity contribution in [1.82, 2.24) is 15.1 Å². The molecule has 0 saturated carbocycles. The third-order valence-corrected chi connectivity index (χ3v) is 3.94. The van der Waals surface area contributed by atoms with Crippen LogP contribution in [0.3, 0.4) is 0 Å². The lowest BCUT2D eigenvalue weighted by molar-refractivity contribution is 0.570. The normalized spacial score (nSPS) is 12.7. The quantitative estimate of drug-likeness (QED) is 0.928. The Morgan fingerprint density at radius 1 is 1.37 bits per heavy atom. The molecule has 19 heavy (non-hydrogen) atoms. The van der Waals surface area contributed by atoms with Crippen molar-refractivity contribution in [2.45, 2.75) is 26.4 Å². The Bertz CT molecular complexity index is 578. The second-order valence-electron chi connectivity index (χ2n) is 4.65. The number of hydrogen-bond acceptors (Lipinski definition) is 2. The number of nitrogens with zero attached hydrogens (tertiary/aromatic N) is 2. The summed E-state index contributed by atoms with van der Waals surface area (Å²) in [5.74, 6) is 0. The van der Waals surface area contributed by atoms with Crippen LogP contribution in [0.1, 0.15) is 29.8 Å². The molecular weight excluding hydrogens is 281 g/mol. The Kier molecular flexibility index (Phi) is 4.50. The van der Waals surface area contributed by atoms with Gasteiger partial charge in [0.2, 0.25) is 0 Å². The number of nitrogens with one attached hydrogen (secondary N) is 1. The molecule has 0 bridgehead atoms. The standard InChI is InChI=1S/C14H17Cl2N3/c1-9(13-8-18-19(3)10(13)2)17-7-11-4-5-12(15)6-14(11)16/h4-6,8-9,17H,7H2,1-3H3. The third-order valence-electron chi connectivity index (χ3n) is 3.35. The first-order valence-corrected chi connectivity index (χ1v) is 6.90. The molecule has 0 amide bonds. The monoisotopic (exact) mass is 297 g/mol. The van der Waals surface area contributed by atoms with Crippen LogP contribution in [0.4, 0.5) is 0 Å². The topological polar surface area (TPSA) is 29.9 Å². The van der Waals surface area contributed by atoms with Crippen molar-refractivity contribution in [2.24, 2.45) is 7.05 Å². The zero-order valence-corrected chi connectivity index (χ0v) is 12.8. The largest absolute Gasteiger partial charge is 0.306 e. The van der Waals surface area contributed by atoms with E-state index in [-0.39, 0.29) is 6.04 Å². The van der Waals surface area contributed by atoms with Gasteiger partial charge >= 0.3 is 0 Å². The molecule has 0 fully saturated rings. The van der Waals surface area contributed by atoms with Crippen molar-refractivity contribution >= 4 is 23.2 Å². The Morgan fingerprint density at radius 3 is 2.68 bits per heavy atom. The lowest BCUT2D eigenvalue weighted by Gasteiger charge is -2.14. The highest BCUT2D eigenvalue weighted by Gasteiger charge is 2.12. The molecule has 2 aromatic rings. The van der Waals surface area contributed by atoms with E-state index in [1.807, 2.05) is 30.1 Å². The number of halogens is 2. The fourth-order valence-corrected chi connectivity index (χ4v) is 2.45. The highest BCUT2D eigenvalue weighted by atomic mass is 35.5. The Morgan fingerprint density at radius 2 is 2.11 bits per heavy atom. The van der Waals surface area contributed by atoms with Crippen LogP contribution in [0.5, 0.6) is 0 Å². The summed E-state index contributed by atoms with van der Waals surface area (Å²) in [5.41, 5.74) is 3.41. The van der Waals surface area contributed by atoms with Gasteiger partial charge in [-0.1, -0.05) is 29.3 Å². The van der Waals surface area contributed by atoms with Crippen LogP contribution < -0.4 is 5.32 Å². The minimum Gasteiger partial charge on any atom is -0.306 e. The van der Waals surface area contributed by atoms with E-state index in [2.05, 4.69) is 24.3 Å². The highest BCUT2D eigenvalue weighted by molar-refractivity contribution is 6.35. The van der Waals surface area contributed by atoms with E-state index in [1.165, 1.54) is 11.3 Å². The number of aromatic nitrogens is 2. The first-order chi connectivity index (χ1) is 8.99. The van der Waals surface area contributed by atoms with Crippen molar-refractivity contribution in [3.63, 3.8) is 0 Å². The van der Waals surface area contributed by atoms with E-state index in [1.54, 1.807) is 6.07 Å². The lowest BCUT2D eigenvalue weighted by atomic mass is 10.1. The van der Waals surface area contributed by atoms with Crippen LogP contribution in [-0.2, 0) is 13.6 Å². The predicted octanol–water partition coefficient (Wildman–Crippen LogP) is 3.89. The lowest BCUT2D eigenvalue weighted by Crippen LogP contribution is -2.18. The minimum atomic E-state index is 0.223. The summed E-state index contributed by atoms with van der Waals surface area (Å²) >= 11 is 12.0. The van der Waals surface area contributed by atoms with Gasteiger partial charge in [-0.25, -0.2) is 0 Å². The molecule has 0 aliphatic rings. The van der Waals surface area contributed by atoms with E-state index >= 15 is 0 Å². The average Bonchev–Trinajstić information content (AvgIpc) is 2.69. The van der Waals surface area contributed by atoms with Crippen LogP contribution in [0.25, 0.3) is 0 Å². The molecule has 0 saturated heterocycles. The molecule has 102 valence electrons. The number of hydrogen-bond donors (Lipinski definition) is 1. The van der Waals surface area contributed by atoms with E-state index < -0.39 is 0 Å².